The third kappa shape index (κ3) is 3.11. The van der Waals surface area contributed by atoms with E-state index in [1.54, 1.807) is 6.07 Å². The smallest absolute Gasteiger partial charge is 0.231 e. The van der Waals surface area contributed by atoms with E-state index in [2.05, 4.69) is 15.5 Å². The van der Waals surface area contributed by atoms with Gasteiger partial charge < -0.3 is 11.1 Å². The van der Waals surface area contributed by atoms with E-state index in [0.717, 1.165) is 0 Å². The summed E-state index contributed by atoms with van der Waals surface area (Å²) in [5.74, 6) is -0.613. The fourth-order valence-electron chi connectivity index (χ4n) is 1.35. The standard InChI is InChI=1S/C13H15FN4OS/c1-13(2,3)11(19)16-12-18-17-10(20-12)7-4-5-8(14)9(15)6-7/h4-6H,15H2,1-3H3,(H,16,18,19). The van der Waals surface area contributed by atoms with Gasteiger partial charge in [-0.15, -0.1) is 10.2 Å². The third-order valence-electron chi connectivity index (χ3n) is 2.57. The number of hydrogen-bond acceptors (Lipinski definition) is 5. The van der Waals surface area contributed by atoms with Gasteiger partial charge in [-0.3, -0.25) is 4.79 Å². The summed E-state index contributed by atoms with van der Waals surface area (Å²) in [5, 5.41) is 11.5. The first-order chi connectivity index (χ1) is 9.27. The Hall–Kier alpha value is -2.02. The number of carbonyl (C=O) groups excluding carboxylic acids is 1. The van der Waals surface area contributed by atoms with Crippen LogP contribution in [0.3, 0.4) is 0 Å². The largest absolute Gasteiger partial charge is 0.396 e. The van der Waals surface area contributed by atoms with Crippen LogP contribution in [-0.4, -0.2) is 16.1 Å². The number of amides is 1. The van der Waals surface area contributed by atoms with E-state index in [4.69, 9.17) is 5.73 Å². The van der Waals surface area contributed by atoms with Crippen LogP contribution in [0.5, 0.6) is 0 Å². The highest BCUT2D eigenvalue weighted by atomic mass is 32.1. The van der Waals surface area contributed by atoms with Crippen molar-refractivity contribution < 1.29 is 9.18 Å². The van der Waals surface area contributed by atoms with E-state index in [-0.39, 0.29) is 11.6 Å². The predicted octanol–water partition coefficient (Wildman–Crippen LogP) is 2.91. The number of nitrogens with zero attached hydrogens (tertiary/aromatic N) is 2. The molecule has 5 nitrogen and oxygen atoms in total. The Bertz CT molecular complexity index is 648. The summed E-state index contributed by atoms with van der Waals surface area (Å²) in [7, 11) is 0. The van der Waals surface area contributed by atoms with Crippen LogP contribution in [0.25, 0.3) is 10.6 Å². The lowest BCUT2D eigenvalue weighted by Gasteiger charge is -2.15. The fraction of sp³-hybridized carbons (Fsp3) is 0.308. The first kappa shape index (κ1) is 14.4. The number of halogens is 1. The number of aromatic nitrogens is 2. The molecule has 0 spiro atoms. The van der Waals surface area contributed by atoms with Crippen LogP contribution in [0.4, 0.5) is 15.2 Å². The Balaban J connectivity index is 2.21. The first-order valence-corrected chi connectivity index (χ1v) is 6.79. The molecule has 1 heterocycles. The second-order valence-electron chi connectivity index (χ2n) is 5.35. The minimum Gasteiger partial charge on any atom is -0.396 e. The fourth-order valence-corrected chi connectivity index (χ4v) is 2.09. The SMILES string of the molecule is CC(C)(C)C(=O)Nc1nnc(-c2ccc(F)c(N)c2)s1. The minimum absolute atomic E-state index is 0.0537. The molecule has 0 radical (unpaired) electrons. The van der Waals surface area contributed by atoms with E-state index in [1.165, 1.54) is 23.5 Å². The average molecular weight is 294 g/mol. The van der Waals surface area contributed by atoms with Gasteiger partial charge in [0.25, 0.3) is 0 Å². The van der Waals surface area contributed by atoms with Gasteiger partial charge in [0.2, 0.25) is 11.0 Å². The van der Waals surface area contributed by atoms with Gasteiger partial charge >= 0.3 is 0 Å². The maximum absolute atomic E-state index is 13.1. The van der Waals surface area contributed by atoms with Crippen molar-refractivity contribution in [3.8, 4) is 10.6 Å². The Morgan fingerprint density at radius 3 is 2.65 bits per heavy atom. The van der Waals surface area contributed by atoms with Gasteiger partial charge in [-0.05, 0) is 18.2 Å². The zero-order valence-corrected chi connectivity index (χ0v) is 12.2. The van der Waals surface area contributed by atoms with Gasteiger partial charge in [0.1, 0.15) is 10.8 Å². The Morgan fingerprint density at radius 2 is 2.05 bits per heavy atom. The highest BCUT2D eigenvalue weighted by Gasteiger charge is 2.22. The van der Waals surface area contributed by atoms with Gasteiger partial charge in [-0.25, -0.2) is 4.39 Å². The molecule has 0 unspecified atom stereocenters. The topological polar surface area (TPSA) is 80.9 Å². The Morgan fingerprint density at radius 1 is 1.35 bits per heavy atom. The molecule has 1 aromatic carbocycles. The molecule has 0 aliphatic heterocycles. The van der Waals surface area contributed by atoms with Crippen molar-refractivity contribution >= 4 is 28.1 Å². The number of benzene rings is 1. The summed E-state index contributed by atoms with van der Waals surface area (Å²) in [6.45, 7) is 5.43. The van der Waals surface area contributed by atoms with Crippen LogP contribution in [0.2, 0.25) is 0 Å². The molecule has 20 heavy (non-hydrogen) atoms. The maximum Gasteiger partial charge on any atom is 0.231 e. The van der Waals surface area contributed by atoms with Crippen LogP contribution in [0.1, 0.15) is 20.8 Å². The summed E-state index contributed by atoms with van der Waals surface area (Å²) < 4.78 is 13.1. The zero-order valence-electron chi connectivity index (χ0n) is 11.4. The van der Waals surface area contributed by atoms with Crippen LogP contribution >= 0.6 is 11.3 Å². The van der Waals surface area contributed by atoms with Gasteiger partial charge in [-0.2, -0.15) is 0 Å². The monoisotopic (exact) mass is 294 g/mol. The Labute approximate surface area is 120 Å². The van der Waals surface area contributed by atoms with E-state index >= 15 is 0 Å². The van der Waals surface area contributed by atoms with E-state index < -0.39 is 11.2 Å². The Kier molecular flexibility index (Phi) is 3.71. The quantitative estimate of drug-likeness (QED) is 0.834. The van der Waals surface area contributed by atoms with Crippen molar-refractivity contribution in [1.82, 2.24) is 10.2 Å². The number of anilines is 2. The van der Waals surface area contributed by atoms with Crippen LogP contribution < -0.4 is 11.1 Å². The average Bonchev–Trinajstić information content (AvgIpc) is 2.80. The highest BCUT2D eigenvalue weighted by Crippen LogP contribution is 2.29. The second-order valence-corrected chi connectivity index (χ2v) is 6.33. The van der Waals surface area contributed by atoms with Gasteiger partial charge in [0.05, 0.1) is 5.69 Å². The summed E-state index contributed by atoms with van der Waals surface area (Å²) in [4.78, 5) is 11.8. The zero-order chi connectivity index (χ0) is 14.9. The van der Waals surface area contributed by atoms with Crippen molar-refractivity contribution in [1.29, 1.82) is 0 Å². The number of nitrogens with two attached hydrogens (primary N) is 1. The van der Waals surface area contributed by atoms with Crippen molar-refractivity contribution in [2.24, 2.45) is 5.41 Å². The second kappa shape index (κ2) is 5.16. The number of rotatable bonds is 2. The lowest BCUT2D eigenvalue weighted by Crippen LogP contribution is -2.27. The van der Waals surface area contributed by atoms with Crippen molar-refractivity contribution in [3.63, 3.8) is 0 Å². The van der Waals surface area contributed by atoms with Gasteiger partial charge in [0.15, 0.2) is 0 Å². The summed E-state index contributed by atoms with van der Waals surface area (Å²) in [5.41, 5.74) is 5.72. The summed E-state index contributed by atoms with van der Waals surface area (Å²) >= 11 is 1.21. The molecule has 2 aromatic rings. The molecular weight excluding hydrogens is 279 g/mol. The first-order valence-electron chi connectivity index (χ1n) is 5.98. The molecule has 0 saturated heterocycles. The number of nitrogens with one attached hydrogen (secondary N) is 1. The molecular formula is C13H15FN4OS. The number of carbonyl (C=O) groups is 1. The van der Waals surface area contributed by atoms with Crippen molar-refractivity contribution in [2.45, 2.75) is 20.8 Å². The van der Waals surface area contributed by atoms with E-state index in [9.17, 15) is 9.18 Å². The summed E-state index contributed by atoms with van der Waals surface area (Å²) in [6.07, 6.45) is 0. The van der Waals surface area contributed by atoms with E-state index in [0.29, 0.717) is 15.7 Å². The molecule has 0 fully saturated rings. The molecule has 0 aliphatic rings. The molecule has 3 N–H and O–H groups in total. The molecule has 2 rings (SSSR count). The normalized spacial score (nSPS) is 11.4. The molecule has 1 amide bonds. The molecule has 0 saturated carbocycles. The van der Waals surface area contributed by atoms with Crippen molar-refractivity contribution in [2.75, 3.05) is 11.1 Å². The lowest BCUT2D eigenvalue weighted by atomic mass is 9.96. The molecule has 7 heteroatoms. The number of hydrogen-bond donors (Lipinski definition) is 2. The molecule has 0 bridgehead atoms. The van der Waals surface area contributed by atoms with Crippen LogP contribution in [-0.2, 0) is 4.79 Å². The van der Waals surface area contributed by atoms with Gasteiger partial charge in [-0.1, -0.05) is 32.1 Å². The molecule has 1 aromatic heterocycles. The minimum atomic E-state index is -0.508. The van der Waals surface area contributed by atoms with Crippen LogP contribution in [0, 0.1) is 11.2 Å². The third-order valence-corrected chi connectivity index (χ3v) is 3.46. The van der Waals surface area contributed by atoms with E-state index in [1.807, 2.05) is 20.8 Å². The highest BCUT2D eigenvalue weighted by molar-refractivity contribution is 7.18. The van der Waals surface area contributed by atoms with Gasteiger partial charge in [0, 0.05) is 11.0 Å². The summed E-state index contributed by atoms with van der Waals surface area (Å²) in [6, 6.07) is 4.34. The maximum atomic E-state index is 13.1. The predicted molar refractivity (Wildman–Crippen MR) is 77.8 cm³/mol. The van der Waals surface area contributed by atoms with Crippen LogP contribution in [0.15, 0.2) is 18.2 Å². The van der Waals surface area contributed by atoms with Crippen molar-refractivity contribution in [3.05, 3.63) is 24.0 Å². The lowest BCUT2D eigenvalue weighted by molar-refractivity contribution is -0.123. The molecule has 106 valence electrons. The molecule has 0 atom stereocenters. The molecule has 0 aliphatic carbocycles. The number of nitrogen functional groups attached to an aromatic ring is 1.